The van der Waals surface area contributed by atoms with Gasteiger partial charge in [-0.25, -0.2) is 10.2 Å². The van der Waals surface area contributed by atoms with Crippen LogP contribution in [-0.2, 0) is 11.3 Å². The molecule has 2 heterocycles. The Labute approximate surface area is 186 Å². The molecule has 166 valence electrons. The van der Waals surface area contributed by atoms with E-state index in [2.05, 4.69) is 15.6 Å². The number of hydrazone groups is 1. The molecule has 1 amide bonds. The maximum Gasteiger partial charge on any atom is 0.353 e. The predicted molar refractivity (Wildman–Crippen MR) is 116 cm³/mol. The second-order valence-corrected chi connectivity index (χ2v) is 7.45. The number of esters is 1. The SMILES string of the molecule is COc1cc(/C=N/NC(=O)Cn2nc(C)c([N+](=O)[O-])c2C)ccc1OC(=O)c1cccs1. The van der Waals surface area contributed by atoms with Crippen LogP contribution >= 0.6 is 11.3 Å². The smallest absolute Gasteiger partial charge is 0.353 e. The summed E-state index contributed by atoms with van der Waals surface area (Å²) >= 11 is 1.27. The lowest BCUT2D eigenvalue weighted by Gasteiger charge is -2.09. The van der Waals surface area contributed by atoms with E-state index in [1.807, 2.05) is 0 Å². The summed E-state index contributed by atoms with van der Waals surface area (Å²) in [7, 11) is 1.44. The normalized spacial score (nSPS) is 10.8. The van der Waals surface area contributed by atoms with E-state index >= 15 is 0 Å². The average Bonchev–Trinajstić information content (AvgIpc) is 3.37. The predicted octanol–water partition coefficient (Wildman–Crippen LogP) is 2.85. The lowest BCUT2D eigenvalue weighted by atomic mass is 10.2. The van der Waals surface area contributed by atoms with Gasteiger partial charge in [-0.1, -0.05) is 6.07 Å². The quantitative estimate of drug-likeness (QED) is 0.180. The van der Waals surface area contributed by atoms with E-state index in [-0.39, 0.29) is 29.4 Å². The molecule has 3 aromatic rings. The van der Waals surface area contributed by atoms with Crippen molar-refractivity contribution in [3.8, 4) is 11.5 Å². The number of aromatic nitrogens is 2. The molecule has 0 aliphatic heterocycles. The van der Waals surface area contributed by atoms with Gasteiger partial charge in [0.2, 0.25) is 0 Å². The highest BCUT2D eigenvalue weighted by Gasteiger charge is 2.22. The number of rotatable bonds is 8. The maximum absolute atomic E-state index is 12.1. The molecule has 0 radical (unpaired) electrons. The van der Waals surface area contributed by atoms with Crippen molar-refractivity contribution in [2.24, 2.45) is 5.10 Å². The fourth-order valence-corrected chi connectivity index (χ4v) is 3.45. The number of carbonyl (C=O) groups is 2. The number of hydrogen-bond acceptors (Lipinski definition) is 9. The van der Waals surface area contributed by atoms with Crippen molar-refractivity contribution in [3.05, 3.63) is 67.7 Å². The van der Waals surface area contributed by atoms with Crippen LogP contribution in [0.3, 0.4) is 0 Å². The highest BCUT2D eigenvalue weighted by molar-refractivity contribution is 7.12. The van der Waals surface area contributed by atoms with Crippen LogP contribution in [-0.4, -0.2) is 39.9 Å². The molecule has 1 aromatic carbocycles. The monoisotopic (exact) mass is 457 g/mol. The van der Waals surface area contributed by atoms with E-state index in [1.54, 1.807) is 35.7 Å². The summed E-state index contributed by atoms with van der Waals surface area (Å²) in [6.07, 6.45) is 1.38. The first-order chi connectivity index (χ1) is 15.3. The lowest BCUT2D eigenvalue weighted by molar-refractivity contribution is -0.386. The van der Waals surface area contributed by atoms with E-state index in [4.69, 9.17) is 9.47 Å². The molecule has 0 spiro atoms. The molecule has 0 bridgehead atoms. The molecule has 12 heteroatoms. The van der Waals surface area contributed by atoms with Crippen LogP contribution in [0.25, 0.3) is 0 Å². The van der Waals surface area contributed by atoms with E-state index in [1.165, 1.54) is 43.2 Å². The topological polar surface area (TPSA) is 138 Å². The Morgan fingerprint density at radius 2 is 2.09 bits per heavy atom. The Bertz CT molecular complexity index is 1190. The van der Waals surface area contributed by atoms with E-state index in [0.717, 1.165) is 0 Å². The van der Waals surface area contributed by atoms with Crippen LogP contribution in [0.15, 0.2) is 40.8 Å². The number of methoxy groups -OCH3 is 1. The van der Waals surface area contributed by atoms with Crippen LogP contribution in [0.1, 0.15) is 26.6 Å². The van der Waals surface area contributed by atoms with Crippen molar-refractivity contribution >= 4 is 35.1 Å². The first kappa shape index (κ1) is 22.6. The van der Waals surface area contributed by atoms with Crippen molar-refractivity contribution in [1.29, 1.82) is 0 Å². The first-order valence-electron chi connectivity index (χ1n) is 9.24. The number of aryl methyl sites for hydroxylation is 1. The molecule has 0 aliphatic carbocycles. The number of benzene rings is 1. The molecule has 3 rings (SSSR count). The molecule has 0 saturated carbocycles. The Morgan fingerprint density at radius 1 is 1.31 bits per heavy atom. The molecule has 2 aromatic heterocycles. The Balaban J connectivity index is 1.62. The van der Waals surface area contributed by atoms with Crippen LogP contribution in [0.2, 0.25) is 0 Å². The third-order valence-electron chi connectivity index (χ3n) is 4.33. The minimum absolute atomic E-state index is 0.117. The third-order valence-corrected chi connectivity index (χ3v) is 5.18. The van der Waals surface area contributed by atoms with Crippen LogP contribution in [0.4, 0.5) is 5.69 Å². The summed E-state index contributed by atoms with van der Waals surface area (Å²) in [6, 6.07) is 8.20. The van der Waals surface area contributed by atoms with Crippen molar-refractivity contribution in [3.63, 3.8) is 0 Å². The zero-order valence-corrected chi connectivity index (χ0v) is 18.2. The van der Waals surface area contributed by atoms with Gasteiger partial charge < -0.3 is 9.47 Å². The van der Waals surface area contributed by atoms with Crippen LogP contribution in [0, 0.1) is 24.0 Å². The van der Waals surface area contributed by atoms with Crippen LogP contribution in [0.5, 0.6) is 11.5 Å². The fraction of sp³-hybridized carbons (Fsp3) is 0.200. The number of nitro groups is 1. The van der Waals surface area contributed by atoms with Crippen molar-refractivity contribution in [2.75, 3.05) is 7.11 Å². The Hall–Kier alpha value is -4.06. The third kappa shape index (κ3) is 5.16. The van der Waals surface area contributed by atoms with Crippen molar-refractivity contribution in [2.45, 2.75) is 20.4 Å². The summed E-state index contributed by atoms with van der Waals surface area (Å²) in [5.74, 6) is -0.426. The van der Waals surface area contributed by atoms with E-state index < -0.39 is 16.8 Å². The van der Waals surface area contributed by atoms with Gasteiger partial charge in [0.1, 0.15) is 22.8 Å². The summed E-state index contributed by atoms with van der Waals surface area (Å²) in [5.41, 5.74) is 3.32. The molecule has 0 saturated heterocycles. The highest BCUT2D eigenvalue weighted by atomic mass is 32.1. The van der Waals surface area contributed by atoms with Gasteiger partial charge in [-0.3, -0.25) is 19.6 Å². The molecule has 0 aliphatic rings. The number of nitrogens with one attached hydrogen (secondary N) is 1. The number of carbonyl (C=O) groups excluding carboxylic acids is 2. The minimum atomic E-state index is -0.529. The van der Waals surface area contributed by atoms with Crippen molar-refractivity contribution in [1.82, 2.24) is 15.2 Å². The average molecular weight is 457 g/mol. The number of ether oxygens (including phenoxy) is 2. The molecule has 32 heavy (non-hydrogen) atoms. The van der Waals surface area contributed by atoms with Gasteiger partial charge in [-0.05, 0) is 49.1 Å². The summed E-state index contributed by atoms with van der Waals surface area (Å²) < 4.78 is 11.9. The Kier molecular flexibility index (Phi) is 6.95. The molecule has 1 N–H and O–H groups in total. The standard InChI is InChI=1S/C20H19N5O6S/c1-12-19(25(28)29)13(2)24(23-12)11-18(26)22-21-10-14-6-7-15(16(9-14)30-3)31-20(27)17-5-4-8-32-17/h4-10H,11H2,1-3H3,(H,22,26)/b21-10+. The Morgan fingerprint density at radius 3 is 2.72 bits per heavy atom. The summed E-state index contributed by atoms with van der Waals surface area (Å²) in [5, 5.41) is 20.7. The molecule has 0 fully saturated rings. The molecular formula is C20H19N5O6S. The molecular weight excluding hydrogens is 438 g/mol. The maximum atomic E-state index is 12.1. The summed E-state index contributed by atoms with van der Waals surface area (Å²) in [6.45, 7) is 2.80. The van der Waals surface area contributed by atoms with Gasteiger partial charge in [0, 0.05) is 0 Å². The lowest BCUT2D eigenvalue weighted by Crippen LogP contribution is -2.24. The molecule has 11 nitrogen and oxygen atoms in total. The zero-order valence-electron chi connectivity index (χ0n) is 17.4. The minimum Gasteiger partial charge on any atom is -0.493 e. The number of nitrogens with zero attached hydrogens (tertiary/aromatic N) is 4. The van der Waals surface area contributed by atoms with Crippen LogP contribution < -0.4 is 14.9 Å². The zero-order chi connectivity index (χ0) is 23.3. The van der Waals surface area contributed by atoms with E-state index in [9.17, 15) is 19.7 Å². The van der Waals surface area contributed by atoms with Gasteiger partial charge in [0.25, 0.3) is 5.91 Å². The van der Waals surface area contributed by atoms with Gasteiger partial charge in [-0.2, -0.15) is 10.2 Å². The molecule has 0 atom stereocenters. The van der Waals surface area contributed by atoms with Gasteiger partial charge in [-0.15, -0.1) is 11.3 Å². The van der Waals surface area contributed by atoms with E-state index in [0.29, 0.717) is 16.2 Å². The number of hydrogen-bond donors (Lipinski definition) is 1. The van der Waals surface area contributed by atoms with Gasteiger partial charge in [0.05, 0.1) is 18.2 Å². The second kappa shape index (κ2) is 9.83. The largest absolute Gasteiger partial charge is 0.493 e. The van der Waals surface area contributed by atoms with Gasteiger partial charge >= 0.3 is 11.7 Å². The number of thiophene rings is 1. The molecule has 0 unspecified atom stereocenters. The first-order valence-corrected chi connectivity index (χ1v) is 10.1. The summed E-state index contributed by atoms with van der Waals surface area (Å²) in [4.78, 5) is 35.2. The highest BCUT2D eigenvalue weighted by Crippen LogP contribution is 2.29. The van der Waals surface area contributed by atoms with Crippen molar-refractivity contribution < 1.29 is 24.0 Å². The van der Waals surface area contributed by atoms with Gasteiger partial charge in [0.15, 0.2) is 11.5 Å². The number of amides is 1. The second-order valence-electron chi connectivity index (χ2n) is 6.50. The fourth-order valence-electron chi connectivity index (χ4n) is 2.85.